The molecule has 0 unspecified atom stereocenters. The first kappa shape index (κ1) is 27.9. The Balaban J connectivity index is 1.97. The van der Waals surface area contributed by atoms with Gasteiger partial charge in [-0.15, -0.1) is 5.92 Å². The van der Waals surface area contributed by atoms with Crippen LogP contribution in [-0.2, 0) is 25.2 Å². The van der Waals surface area contributed by atoms with Crippen molar-refractivity contribution in [3.05, 3.63) is 56.8 Å². The van der Waals surface area contributed by atoms with E-state index in [4.69, 9.17) is 18.6 Å². The van der Waals surface area contributed by atoms with Crippen molar-refractivity contribution < 1.29 is 41.4 Å². The fourth-order valence-corrected chi connectivity index (χ4v) is 3.61. The Kier molecular flexibility index (Phi) is 9.12. The summed E-state index contributed by atoms with van der Waals surface area (Å²) in [6.45, 7) is 2.86. The number of hydrogen-bond donors (Lipinski definition) is 0. The van der Waals surface area contributed by atoms with E-state index in [-0.39, 0.29) is 24.2 Å². The minimum Gasteiger partial charge on any atom is -0.463 e. The van der Waals surface area contributed by atoms with Crippen molar-refractivity contribution in [2.45, 2.75) is 64.1 Å². The summed E-state index contributed by atoms with van der Waals surface area (Å²) in [4.78, 5) is 49.6. The van der Waals surface area contributed by atoms with Gasteiger partial charge in [0.1, 0.15) is 31.1 Å². The second-order valence-corrected chi connectivity index (χ2v) is 8.13. The molecule has 0 bridgehead atoms. The Morgan fingerprint density at radius 1 is 1.24 bits per heavy atom. The highest BCUT2D eigenvalue weighted by Crippen LogP contribution is 2.32. The highest BCUT2D eigenvalue weighted by atomic mass is 19.4. The molecule has 0 N–H and O–H groups in total. The first-order valence-electron chi connectivity index (χ1n) is 11.4. The molecule has 1 fully saturated rings. The Bertz CT molecular complexity index is 1280. The fraction of sp³-hybridized carbons (Fsp3) is 0.500. The van der Waals surface area contributed by atoms with Crippen LogP contribution in [0.25, 0.3) is 0 Å². The van der Waals surface area contributed by atoms with Gasteiger partial charge in [-0.1, -0.05) is 19.3 Å². The SMILES string of the molecule is CCCCC#CCO[C@H]1C[C@H](n2cc(C(F)(F)F)c(=O)n(C(=O)c3ccco3)c2=O)O[C@@H]1COC(C)=O. The summed E-state index contributed by atoms with van der Waals surface area (Å²) < 4.78 is 62.7. The van der Waals surface area contributed by atoms with Gasteiger partial charge >= 0.3 is 23.7 Å². The van der Waals surface area contributed by atoms with Crippen LogP contribution in [-0.4, -0.2) is 46.4 Å². The van der Waals surface area contributed by atoms with Crippen molar-refractivity contribution in [2.75, 3.05) is 13.2 Å². The molecule has 13 heteroatoms. The molecule has 10 nitrogen and oxygen atoms in total. The predicted molar refractivity (Wildman–Crippen MR) is 121 cm³/mol. The highest BCUT2D eigenvalue weighted by Gasteiger charge is 2.42. The largest absolute Gasteiger partial charge is 0.463 e. The number of furan rings is 1. The summed E-state index contributed by atoms with van der Waals surface area (Å²) in [7, 11) is 0. The van der Waals surface area contributed by atoms with Crippen LogP contribution in [0, 0.1) is 11.8 Å². The van der Waals surface area contributed by atoms with E-state index in [2.05, 4.69) is 11.8 Å². The van der Waals surface area contributed by atoms with Crippen LogP contribution >= 0.6 is 0 Å². The lowest BCUT2D eigenvalue weighted by Crippen LogP contribution is -2.47. The molecule has 1 aliphatic heterocycles. The third-order valence-electron chi connectivity index (χ3n) is 5.45. The standard InChI is InChI=1S/C24H25F3N2O8/c1-3-4-5-6-7-10-35-18-12-20(37-19(18)14-36-15(2)30)28-13-16(24(25,26)27)21(31)29(23(28)33)22(32)17-9-8-11-34-17/h8-9,11,13,18-20H,3-5,10,12,14H2,1-2H3/t18-,19+,20+/m0/s1. The van der Waals surface area contributed by atoms with Crippen LogP contribution in [0.15, 0.2) is 38.6 Å². The van der Waals surface area contributed by atoms with Gasteiger partial charge < -0.3 is 18.6 Å². The number of aromatic nitrogens is 2. The van der Waals surface area contributed by atoms with E-state index in [0.29, 0.717) is 17.2 Å². The first-order valence-corrected chi connectivity index (χ1v) is 11.4. The zero-order valence-corrected chi connectivity index (χ0v) is 20.1. The number of nitrogens with zero attached hydrogens (tertiary/aromatic N) is 2. The van der Waals surface area contributed by atoms with E-state index in [1.54, 1.807) is 0 Å². The number of alkyl halides is 3. The van der Waals surface area contributed by atoms with Crippen molar-refractivity contribution in [3.63, 3.8) is 0 Å². The van der Waals surface area contributed by atoms with Crippen molar-refractivity contribution >= 4 is 11.9 Å². The summed E-state index contributed by atoms with van der Waals surface area (Å²) in [6, 6.07) is 2.38. The topological polar surface area (TPSA) is 119 Å². The lowest BCUT2D eigenvalue weighted by Gasteiger charge is -2.19. The molecular formula is C24H25F3N2O8. The van der Waals surface area contributed by atoms with Gasteiger partial charge in [0.05, 0.1) is 12.4 Å². The number of rotatable bonds is 8. The van der Waals surface area contributed by atoms with E-state index in [0.717, 1.165) is 32.1 Å². The minimum atomic E-state index is -5.18. The van der Waals surface area contributed by atoms with Gasteiger partial charge in [0.25, 0.3) is 5.56 Å². The number of hydrogen-bond acceptors (Lipinski definition) is 8. The highest BCUT2D eigenvalue weighted by molar-refractivity contribution is 5.93. The first-order chi connectivity index (χ1) is 17.5. The second-order valence-electron chi connectivity index (χ2n) is 8.13. The van der Waals surface area contributed by atoms with Crippen LogP contribution in [0.4, 0.5) is 13.2 Å². The maximum atomic E-state index is 13.7. The number of carbonyl (C=O) groups is 2. The number of halogens is 3. The molecule has 0 amide bonds. The third kappa shape index (κ3) is 6.78. The van der Waals surface area contributed by atoms with Crippen molar-refractivity contribution in [1.29, 1.82) is 0 Å². The van der Waals surface area contributed by atoms with E-state index in [1.807, 2.05) is 6.92 Å². The van der Waals surface area contributed by atoms with E-state index in [9.17, 15) is 32.3 Å². The average Bonchev–Trinajstić information content (AvgIpc) is 3.49. The van der Waals surface area contributed by atoms with E-state index < -0.39 is 59.1 Å². The van der Waals surface area contributed by atoms with E-state index in [1.165, 1.54) is 6.07 Å². The van der Waals surface area contributed by atoms with Gasteiger partial charge in [0.2, 0.25) is 0 Å². The van der Waals surface area contributed by atoms with Gasteiger partial charge in [0, 0.05) is 26.0 Å². The fourth-order valence-electron chi connectivity index (χ4n) is 3.61. The third-order valence-corrected chi connectivity index (χ3v) is 5.45. The van der Waals surface area contributed by atoms with Crippen LogP contribution < -0.4 is 11.2 Å². The molecule has 3 rings (SSSR count). The molecule has 2 aromatic rings. The van der Waals surface area contributed by atoms with Gasteiger partial charge in [-0.3, -0.25) is 19.0 Å². The molecule has 1 saturated heterocycles. The summed E-state index contributed by atoms with van der Waals surface area (Å²) >= 11 is 0. The predicted octanol–water partition coefficient (Wildman–Crippen LogP) is 2.74. The number of ether oxygens (including phenoxy) is 3. The van der Waals surface area contributed by atoms with Gasteiger partial charge in [0.15, 0.2) is 5.76 Å². The van der Waals surface area contributed by atoms with Crippen LogP contribution in [0.3, 0.4) is 0 Å². The maximum Gasteiger partial charge on any atom is 0.423 e. The molecule has 0 spiro atoms. The Morgan fingerprint density at radius 3 is 2.62 bits per heavy atom. The van der Waals surface area contributed by atoms with E-state index >= 15 is 0 Å². The smallest absolute Gasteiger partial charge is 0.423 e. The van der Waals surface area contributed by atoms with Gasteiger partial charge in [-0.2, -0.15) is 17.7 Å². The molecule has 0 radical (unpaired) electrons. The molecule has 3 atom stereocenters. The molecule has 3 heterocycles. The summed E-state index contributed by atoms with van der Waals surface area (Å²) in [5.74, 6) is 3.24. The van der Waals surface area contributed by atoms with Gasteiger partial charge in [-0.25, -0.2) is 4.79 Å². The lowest BCUT2D eigenvalue weighted by molar-refractivity contribution is -0.148. The number of esters is 1. The Morgan fingerprint density at radius 2 is 2.00 bits per heavy atom. The molecule has 200 valence electrons. The minimum absolute atomic E-state index is 0.0276. The van der Waals surface area contributed by atoms with Crippen molar-refractivity contribution in [3.8, 4) is 11.8 Å². The van der Waals surface area contributed by atoms with Gasteiger partial charge in [-0.05, 0) is 18.6 Å². The summed E-state index contributed by atoms with van der Waals surface area (Å²) in [5.41, 5.74) is -4.96. The van der Waals surface area contributed by atoms with Crippen molar-refractivity contribution in [1.82, 2.24) is 9.13 Å². The zero-order chi connectivity index (χ0) is 27.2. The molecule has 0 aliphatic carbocycles. The zero-order valence-electron chi connectivity index (χ0n) is 20.1. The molecular weight excluding hydrogens is 501 g/mol. The lowest BCUT2D eigenvalue weighted by atomic mass is 10.2. The van der Waals surface area contributed by atoms with Crippen molar-refractivity contribution in [2.24, 2.45) is 0 Å². The Labute approximate surface area is 208 Å². The summed E-state index contributed by atoms with van der Waals surface area (Å²) in [5, 5.41) is 0. The average molecular weight is 526 g/mol. The van der Waals surface area contributed by atoms with Crippen LogP contribution in [0.1, 0.15) is 61.9 Å². The number of carbonyl (C=O) groups excluding carboxylic acids is 2. The molecule has 0 saturated carbocycles. The second kappa shape index (κ2) is 12.1. The quantitative estimate of drug-likeness (QED) is 0.293. The maximum absolute atomic E-state index is 13.7. The summed E-state index contributed by atoms with van der Waals surface area (Å²) in [6.07, 6.45) is -4.55. The van der Waals surface area contributed by atoms with Crippen LogP contribution in [0.5, 0.6) is 0 Å². The molecule has 37 heavy (non-hydrogen) atoms. The van der Waals surface area contributed by atoms with Crippen LogP contribution in [0.2, 0.25) is 0 Å². The normalized spacial score (nSPS) is 19.3. The monoisotopic (exact) mass is 526 g/mol. The number of unbranched alkanes of at least 4 members (excludes halogenated alkanes) is 2. The molecule has 2 aromatic heterocycles. The molecule has 0 aromatic carbocycles. The Hall–Kier alpha value is -3.63. The molecule has 1 aliphatic rings.